The molecule has 1 aromatic heterocycles. The number of para-hydroxylation sites is 3. The molecular weight excluding hydrogens is 565 g/mol. The van der Waals surface area contributed by atoms with E-state index in [0.717, 1.165) is 34.1 Å². The molecule has 0 saturated carbocycles. The molecule has 45 heavy (non-hydrogen) atoms. The molecule has 214 valence electrons. The van der Waals surface area contributed by atoms with Crippen molar-refractivity contribution in [3.05, 3.63) is 182 Å². The van der Waals surface area contributed by atoms with Crippen molar-refractivity contribution in [2.24, 2.45) is 0 Å². The van der Waals surface area contributed by atoms with Gasteiger partial charge in [-0.2, -0.15) is 0 Å². The van der Waals surface area contributed by atoms with Crippen molar-refractivity contribution in [1.82, 2.24) is 0 Å². The van der Waals surface area contributed by atoms with Gasteiger partial charge in [0.05, 0.1) is 0 Å². The Labute approximate surface area is 267 Å². The fourth-order valence-electron chi connectivity index (χ4n) is 6.09. The number of thiophene rings is 1. The second-order valence-electron chi connectivity index (χ2n) is 11.1. The maximum atomic E-state index is 2.34. The quantitative estimate of drug-likeness (QED) is 0.181. The Morgan fingerprint density at radius 3 is 1.04 bits per heavy atom. The van der Waals surface area contributed by atoms with Gasteiger partial charge in [0.25, 0.3) is 0 Å². The molecule has 0 amide bonds. The second-order valence-corrected chi connectivity index (χ2v) is 12.1. The summed E-state index contributed by atoms with van der Waals surface area (Å²) in [6.45, 7) is 0. The molecule has 0 atom stereocenters. The number of hydrogen-bond acceptors (Lipinski definition) is 3. The van der Waals surface area contributed by atoms with Gasteiger partial charge >= 0.3 is 0 Å². The van der Waals surface area contributed by atoms with Gasteiger partial charge < -0.3 is 9.80 Å². The highest BCUT2D eigenvalue weighted by Gasteiger charge is 2.17. The van der Waals surface area contributed by atoms with Crippen LogP contribution in [-0.4, -0.2) is 0 Å². The minimum atomic E-state index is 1.13. The molecular formula is C42H30N2S. The lowest BCUT2D eigenvalue weighted by molar-refractivity contribution is 1.29. The summed E-state index contributed by atoms with van der Waals surface area (Å²) in [5, 5.41) is 2.56. The largest absolute Gasteiger partial charge is 0.310 e. The number of rotatable bonds is 7. The number of anilines is 6. The Balaban J connectivity index is 1.21. The molecule has 0 spiro atoms. The van der Waals surface area contributed by atoms with E-state index >= 15 is 0 Å². The summed E-state index contributed by atoms with van der Waals surface area (Å²) in [5.41, 5.74) is 9.27. The minimum absolute atomic E-state index is 1.13. The van der Waals surface area contributed by atoms with E-state index < -0.39 is 0 Å². The van der Waals surface area contributed by atoms with Crippen LogP contribution in [0.5, 0.6) is 0 Å². The second kappa shape index (κ2) is 11.8. The van der Waals surface area contributed by atoms with Crippen molar-refractivity contribution in [3.8, 4) is 11.1 Å². The van der Waals surface area contributed by atoms with E-state index in [-0.39, 0.29) is 0 Å². The topological polar surface area (TPSA) is 6.48 Å². The Hall–Kier alpha value is -5.64. The van der Waals surface area contributed by atoms with Gasteiger partial charge in [0.1, 0.15) is 0 Å². The maximum absolute atomic E-state index is 2.34. The van der Waals surface area contributed by atoms with Gasteiger partial charge in [-0.15, -0.1) is 11.3 Å². The molecule has 0 saturated heterocycles. The van der Waals surface area contributed by atoms with Crippen LogP contribution in [0.4, 0.5) is 34.1 Å². The first kappa shape index (κ1) is 26.9. The molecule has 0 aliphatic carbocycles. The summed E-state index contributed by atoms with van der Waals surface area (Å²) < 4.78 is 2.54. The van der Waals surface area contributed by atoms with E-state index in [1.165, 1.54) is 31.3 Å². The van der Waals surface area contributed by atoms with Gasteiger partial charge in [0, 0.05) is 54.3 Å². The van der Waals surface area contributed by atoms with Gasteiger partial charge in [-0.05, 0) is 83.9 Å². The van der Waals surface area contributed by atoms with Crippen LogP contribution in [0, 0.1) is 0 Å². The average Bonchev–Trinajstić information content (AvgIpc) is 3.48. The molecule has 0 unspecified atom stereocenters. The van der Waals surface area contributed by atoms with E-state index in [1.807, 2.05) is 11.3 Å². The van der Waals surface area contributed by atoms with Crippen LogP contribution in [0.1, 0.15) is 0 Å². The fraction of sp³-hybridized carbons (Fsp3) is 0. The number of hydrogen-bond donors (Lipinski definition) is 0. The average molecular weight is 595 g/mol. The third-order valence-corrected chi connectivity index (χ3v) is 9.35. The molecule has 8 aromatic rings. The minimum Gasteiger partial charge on any atom is -0.310 e. The third kappa shape index (κ3) is 5.24. The highest BCUT2D eigenvalue weighted by atomic mass is 32.1. The van der Waals surface area contributed by atoms with Crippen molar-refractivity contribution in [2.75, 3.05) is 9.80 Å². The molecule has 1 heterocycles. The van der Waals surface area contributed by atoms with E-state index in [2.05, 4.69) is 192 Å². The van der Waals surface area contributed by atoms with E-state index in [4.69, 9.17) is 0 Å². The van der Waals surface area contributed by atoms with Gasteiger partial charge in [-0.3, -0.25) is 0 Å². The molecule has 0 fully saturated rings. The zero-order valence-corrected chi connectivity index (χ0v) is 25.4. The van der Waals surface area contributed by atoms with Crippen LogP contribution in [0.2, 0.25) is 0 Å². The van der Waals surface area contributed by atoms with Crippen LogP contribution in [0.25, 0.3) is 31.3 Å². The Morgan fingerprint density at radius 1 is 0.289 bits per heavy atom. The van der Waals surface area contributed by atoms with E-state index in [9.17, 15) is 0 Å². The molecule has 0 radical (unpaired) electrons. The van der Waals surface area contributed by atoms with Gasteiger partial charge in [-0.1, -0.05) is 109 Å². The Morgan fingerprint density at radius 2 is 0.622 bits per heavy atom. The summed E-state index contributed by atoms with van der Waals surface area (Å²) in [7, 11) is 0. The monoisotopic (exact) mass is 594 g/mol. The molecule has 0 bridgehead atoms. The van der Waals surface area contributed by atoms with Crippen LogP contribution < -0.4 is 9.80 Å². The van der Waals surface area contributed by atoms with Crippen molar-refractivity contribution in [2.45, 2.75) is 0 Å². The van der Waals surface area contributed by atoms with Gasteiger partial charge in [-0.25, -0.2) is 0 Å². The summed E-state index contributed by atoms with van der Waals surface area (Å²) in [5.74, 6) is 0. The molecule has 3 heteroatoms. The first-order valence-electron chi connectivity index (χ1n) is 15.2. The lowest BCUT2D eigenvalue weighted by Gasteiger charge is -2.25. The van der Waals surface area contributed by atoms with E-state index in [1.54, 1.807) is 0 Å². The van der Waals surface area contributed by atoms with Gasteiger partial charge in [0.2, 0.25) is 0 Å². The summed E-state index contributed by atoms with van der Waals surface area (Å²) in [6.07, 6.45) is 0. The molecule has 0 aliphatic rings. The predicted octanol–water partition coefficient (Wildman–Crippen LogP) is 12.7. The first-order valence-corrected chi connectivity index (χ1v) is 16.0. The maximum Gasteiger partial charge on any atom is 0.0476 e. The number of benzene rings is 7. The van der Waals surface area contributed by atoms with Crippen molar-refractivity contribution in [3.63, 3.8) is 0 Å². The predicted molar refractivity (Wildman–Crippen MR) is 194 cm³/mol. The summed E-state index contributed by atoms with van der Waals surface area (Å²) >= 11 is 1.85. The smallest absolute Gasteiger partial charge is 0.0476 e. The number of fused-ring (bicyclic) bond motifs is 3. The first-order chi connectivity index (χ1) is 22.3. The Kier molecular flexibility index (Phi) is 7.07. The highest BCUT2D eigenvalue weighted by molar-refractivity contribution is 7.25. The van der Waals surface area contributed by atoms with E-state index in [0.29, 0.717) is 0 Å². The molecule has 8 rings (SSSR count). The van der Waals surface area contributed by atoms with Crippen LogP contribution >= 0.6 is 11.3 Å². The summed E-state index contributed by atoms with van der Waals surface area (Å²) in [6, 6.07) is 64.9. The Bertz CT molecular complexity index is 2150. The van der Waals surface area contributed by atoms with Crippen molar-refractivity contribution < 1.29 is 0 Å². The SMILES string of the molecule is c1ccc(-c2ccc(N(c3ccccc3)c3ccc4c(c3)sc3cc(N(c5ccccc5)c5ccccc5)ccc34)cc2)cc1. The standard InChI is InChI=1S/C42H30N2S/c1-5-13-31(14-6-1)32-21-23-36(24-22-32)44(35-19-11-4-12-20-35)38-26-28-40-39-27-25-37(29-41(39)45-42(40)30-38)43(33-15-7-2-8-16-33)34-17-9-3-10-18-34/h1-30H. The van der Waals surface area contributed by atoms with Crippen molar-refractivity contribution in [1.29, 1.82) is 0 Å². The fourth-order valence-corrected chi connectivity index (χ4v) is 7.26. The van der Waals surface area contributed by atoms with Crippen molar-refractivity contribution >= 4 is 65.6 Å². The molecule has 2 nitrogen and oxygen atoms in total. The highest BCUT2D eigenvalue weighted by Crippen LogP contribution is 2.43. The molecule has 0 N–H and O–H groups in total. The van der Waals surface area contributed by atoms with Crippen LogP contribution in [0.3, 0.4) is 0 Å². The normalized spacial score (nSPS) is 11.1. The molecule has 7 aromatic carbocycles. The third-order valence-electron chi connectivity index (χ3n) is 8.23. The summed E-state index contributed by atoms with van der Waals surface area (Å²) in [4.78, 5) is 4.67. The molecule has 0 aliphatic heterocycles. The lowest BCUT2D eigenvalue weighted by Crippen LogP contribution is -2.09. The zero-order chi connectivity index (χ0) is 30.0. The van der Waals surface area contributed by atoms with Crippen LogP contribution in [-0.2, 0) is 0 Å². The lowest BCUT2D eigenvalue weighted by atomic mass is 10.0. The zero-order valence-electron chi connectivity index (χ0n) is 24.6. The van der Waals surface area contributed by atoms with Gasteiger partial charge in [0.15, 0.2) is 0 Å². The number of nitrogens with zero attached hydrogens (tertiary/aromatic N) is 2. The van der Waals surface area contributed by atoms with Crippen LogP contribution in [0.15, 0.2) is 182 Å².